The van der Waals surface area contributed by atoms with Gasteiger partial charge in [0.25, 0.3) is 0 Å². The molecule has 112 valence electrons. The summed E-state index contributed by atoms with van der Waals surface area (Å²) < 4.78 is 0. The monoisotopic (exact) mass is 269 g/mol. The molecule has 19 heavy (non-hydrogen) atoms. The number of piperidine rings is 1. The summed E-state index contributed by atoms with van der Waals surface area (Å²) in [7, 11) is 0. The highest BCUT2D eigenvalue weighted by atomic mass is 16.2. The van der Waals surface area contributed by atoms with Crippen molar-refractivity contribution in [3.63, 3.8) is 0 Å². The van der Waals surface area contributed by atoms with Crippen LogP contribution >= 0.6 is 0 Å². The molecular formula is C15H31N3O. The highest BCUT2D eigenvalue weighted by molar-refractivity contribution is 5.81. The molecular weight excluding hydrogens is 238 g/mol. The van der Waals surface area contributed by atoms with Gasteiger partial charge in [-0.15, -0.1) is 0 Å². The van der Waals surface area contributed by atoms with Crippen LogP contribution in [0, 0.1) is 11.8 Å². The van der Waals surface area contributed by atoms with Gasteiger partial charge >= 0.3 is 0 Å². The Bertz CT molecular complexity index is 266. The van der Waals surface area contributed by atoms with E-state index in [2.05, 4.69) is 24.1 Å². The predicted octanol–water partition coefficient (Wildman–Crippen LogP) is 1.60. The van der Waals surface area contributed by atoms with Crippen LogP contribution in [0.5, 0.6) is 0 Å². The topological polar surface area (TPSA) is 58.4 Å². The number of carbonyl (C=O) groups is 1. The highest BCUT2D eigenvalue weighted by Gasteiger charge is 2.26. The molecule has 2 unspecified atom stereocenters. The first-order valence-electron chi connectivity index (χ1n) is 7.76. The van der Waals surface area contributed by atoms with Crippen LogP contribution in [-0.4, -0.2) is 43.0 Å². The molecule has 1 heterocycles. The Hall–Kier alpha value is -0.610. The Morgan fingerprint density at radius 3 is 2.79 bits per heavy atom. The van der Waals surface area contributed by atoms with Crippen molar-refractivity contribution in [2.75, 3.05) is 26.2 Å². The molecule has 1 rings (SSSR count). The van der Waals surface area contributed by atoms with E-state index in [0.29, 0.717) is 11.8 Å². The minimum atomic E-state index is -0.00673. The van der Waals surface area contributed by atoms with Crippen molar-refractivity contribution in [2.45, 2.75) is 52.5 Å². The van der Waals surface area contributed by atoms with Crippen molar-refractivity contribution in [3.05, 3.63) is 0 Å². The zero-order valence-electron chi connectivity index (χ0n) is 12.8. The Morgan fingerprint density at radius 1 is 1.42 bits per heavy atom. The van der Waals surface area contributed by atoms with Crippen LogP contribution < -0.4 is 11.1 Å². The molecule has 0 bridgehead atoms. The van der Waals surface area contributed by atoms with E-state index < -0.39 is 0 Å². The maximum Gasteiger partial charge on any atom is 0.237 e. The van der Waals surface area contributed by atoms with Gasteiger partial charge in [0.2, 0.25) is 5.91 Å². The van der Waals surface area contributed by atoms with E-state index in [9.17, 15) is 4.79 Å². The van der Waals surface area contributed by atoms with Crippen LogP contribution in [0.25, 0.3) is 0 Å². The van der Waals surface area contributed by atoms with Crippen LogP contribution in [-0.2, 0) is 4.79 Å². The van der Waals surface area contributed by atoms with E-state index >= 15 is 0 Å². The molecule has 2 atom stereocenters. The van der Waals surface area contributed by atoms with Gasteiger partial charge in [0.05, 0.1) is 6.04 Å². The molecule has 0 radical (unpaired) electrons. The minimum absolute atomic E-state index is 0.00673. The van der Waals surface area contributed by atoms with Crippen LogP contribution in [0.1, 0.15) is 46.5 Å². The molecule has 0 aromatic carbocycles. The smallest absolute Gasteiger partial charge is 0.237 e. The second-order valence-electron chi connectivity index (χ2n) is 6.23. The summed E-state index contributed by atoms with van der Waals surface area (Å²) >= 11 is 0. The fourth-order valence-electron chi connectivity index (χ4n) is 2.72. The number of likely N-dealkylation sites (tertiary alicyclic amines) is 1. The predicted molar refractivity (Wildman–Crippen MR) is 79.9 cm³/mol. The Labute approximate surface area is 118 Å². The molecule has 4 heteroatoms. The average molecular weight is 269 g/mol. The zero-order chi connectivity index (χ0) is 14.3. The molecule has 3 N–H and O–H groups in total. The number of amides is 1. The fraction of sp³-hybridized carbons (Fsp3) is 0.933. The Morgan fingerprint density at radius 2 is 2.16 bits per heavy atom. The van der Waals surface area contributed by atoms with Gasteiger partial charge in [-0.2, -0.15) is 0 Å². The van der Waals surface area contributed by atoms with E-state index in [1.54, 1.807) is 0 Å². The SMILES string of the molecule is CC(C)CCNC(=O)C(C)N1CCCC(CCN)C1. The average Bonchev–Trinajstić information content (AvgIpc) is 2.38. The van der Waals surface area contributed by atoms with E-state index in [1.165, 1.54) is 12.8 Å². The first kappa shape index (κ1) is 16.4. The third-order valence-corrected chi connectivity index (χ3v) is 4.07. The minimum Gasteiger partial charge on any atom is -0.355 e. The lowest BCUT2D eigenvalue weighted by atomic mass is 9.94. The second kappa shape index (κ2) is 8.54. The summed E-state index contributed by atoms with van der Waals surface area (Å²) in [5, 5.41) is 3.05. The van der Waals surface area contributed by atoms with E-state index in [1.807, 2.05) is 6.92 Å². The number of hydrogen-bond acceptors (Lipinski definition) is 3. The molecule has 1 saturated heterocycles. The maximum absolute atomic E-state index is 12.1. The Kier molecular flexibility index (Phi) is 7.39. The molecule has 0 aliphatic carbocycles. The van der Waals surface area contributed by atoms with Gasteiger partial charge < -0.3 is 11.1 Å². The number of carbonyl (C=O) groups excluding carboxylic acids is 1. The molecule has 1 aliphatic heterocycles. The molecule has 0 aromatic heterocycles. The van der Waals surface area contributed by atoms with Gasteiger partial charge in [-0.25, -0.2) is 0 Å². The molecule has 1 fully saturated rings. The summed E-state index contributed by atoms with van der Waals surface area (Å²) in [5.74, 6) is 1.48. The zero-order valence-corrected chi connectivity index (χ0v) is 12.8. The van der Waals surface area contributed by atoms with Gasteiger partial charge in [0, 0.05) is 13.1 Å². The second-order valence-corrected chi connectivity index (χ2v) is 6.23. The van der Waals surface area contributed by atoms with Gasteiger partial charge in [-0.3, -0.25) is 9.69 Å². The third-order valence-electron chi connectivity index (χ3n) is 4.07. The van der Waals surface area contributed by atoms with Crippen molar-refractivity contribution >= 4 is 5.91 Å². The standard InChI is InChI=1S/C15H31N3O/c1-12(2)7-9-17-15(19)13(3)18-10-4-5-14(11-18)6-8-16/h12-14H,4-11,16H2,1-3H3,(H,17,19). The number of rotatable bonds is 7. The molecule has 1 amide bonds. The van der Waals surface area contributed by atoms with Crippen molar-refractivity contribution < 1.29 is 4.79 Å². The largest absolute Gasteiger partial charge is 0.355 e. The summed E-state index contributed by atoms with van der Waals surface area (Å²) in [6.45, 7) is 10.00. The van der Waals surface area contributed by atoms with Crippen molar-refractivity contribution in [2.24, 2.45) is 17.6 Å². The normalized spacial score (nSPS) is 22.5. The maximum atomic E-state index is 12.1. The lowest BCUT2D eigenvalue weighted by Crippen LogP contribution is -2.49. The van der Waals surface area contributed by atoms with Gasteiger partial charge in [0.1, 0.15) is 0 Å². The first-order valence-corrected chi connectivity index (χ1v) is 7.76. The van der Waals surface area contributed by atoms with Crippen molar-refractivity contribution in [1.82, 2.24) is 10.2 Å². The molecule has 4 nitrogen and oxygen atoms in total. The van der Waals surface area contributed by atoms with Crippen LogP contribution in [0.2, 0.25) is 0 Å². The molecule has 0 saturated carbocycles. The quantitative estimate of drug-likeness (QED) is 0.738. The number of nitrogens with one attached hydrogen (secondary N) is 1. The van der Waals surface area contributed by atoms with Gasteiger partial charge in [-0.05, 0) is 57.5 Å². The van der Waals surface area contributed by atoms with Crippen molar-refractivity contribution in [3.8, 4) is 0 Å². The lowest BCUT2D eigenvalue weighted by molar-refractivity contribution is -0.126. The van der Waals surface area contributed by atoms with Crippen LogP contribution in [0.4, 0.5) is 0 Å². The fourth-order valence-corrected chi connectivity index (χ4v) is 2.72. The molecule has 0 spiro atoms. The highest BCUT2D eigenvalue weighted by Crippen LogP contribution is 2.20. The Balaban J connectivity index is 2.34. The van der Waals surface area contributed by atoms with E-state index in [4.69, 9.17) is 5.73 Å². The van der Waals surface area contributed by atoms with Gasteiger partial charge in [0.15, 0.2) is 0 Å². The summed E-state index contributed by atoms with van der Waals surface area (Å²) in [5.41, 5.74) is 5.64. The first-order chi connectivity index (χ1) is 9.04. The molecule has 0 aromatic rings. The van der Waals surface area contributed by atoms with E-state index in [0.717, 1.165) is 39.0 Å². The number of hydrogen-bond donors (Lipinski definition) is 2. The van der Waals surface area contributed by atoms with Crippen molar-refractivity contribution in [1.29, 1.82) is 0 Å². The summed E-state index contributed by atoms with van der Waals surface area (Å²) in [6, 6.07) is -0.00673. The van der Waals surface area contributed by atoms with Crippen LogP contribution in [0.3, 0.4) is 0 Å². The van der Waals surface area contributed by atoms with Gasteiger partial charge in [-0.1, -0.05) is 13.8 Å². The van der Waals surface area contributed by atoms with Crippen LogP contribution in [0.15, 0.2) is 0 Å². The summed E-state index contributed by atoms with van der Waals surface area (Å²) in [6.07, 6.45) is 4.58. The molecule has 1 aliphatic rings. The lowest BCUT2D eigenvalue weighted by Gasteiger charge is -2.36. The third kappa shape index (κ3) is 5.91. The van der Waals surface area contributed by atoms with E-state index in [-0.39, 0.29) is 11.9 Å². The number of nitrogens with zero attached hydrogens (tertiary/aromatic N) is 1. The summed E-state index contributed by atoms with van der Waals surface area (Å²) in [4.78, 5) is 14.4. The number of nitrogens with two attached hydrogens (primary N) is 1.